The summed E-state index contributed by atoms with van der Waals surface area (Å²) in [6.07, 6.45) is 1.93. The predicted molar refractivity (Wildman–Crippen MR) is 89.3 cm³/mol. The van der Waals surface area contributed by atoms with Gasteiger partial charge in [-0.15, -0.1) is 0 Å². The van der Waals surface area contributed by atoms with Gasteiger partial charge in [0.05, 0.1) is 11.1 Å². The van der Waals surface area contributed by atoms with Crippen molar-refractivity contribution in [2.75, 3.05) is 18.4 Å². The van der Waals surface area contributed by atoms with E-state index in [-0.39, 0.29) is 12.6 Å². The molecular formula is C15H19IN2O3. The normalized spacial score (nSPS) is 21.3. The fourth-order valence-electron chi connectivity index (χ4n) is 2.77. The molecule has 1 aliphatic rings. The van der Waals surface area contributed by atoms with Gasteiger partial charge in [0.15, 0.2) is 0 Å². The zero-order valence-electron chi connectivity index (χ0n) is 11.9. The second-order valence-electron chi connectivity index (χ2n) is 5.42. The van der Waals surface area contributed by atoms with E-state index < -0.39 is 11.4 Å². The lowest BCUT2D eigenvalue weighted by atomic mass is 9.83. The monoisotopic (exact) mass is 402 g/mol. The van der Waals surface area contributed by atoms with E-state index in [1.54, 1.807) is 4.90 Å². The van der Waals surface area contributed by atoms with Crippen LogP contribution in [0.4, 0.5) is 10.5 Å². The number of nitrogens with zero attached hydrogens (tertiary/aromatic N) is 1. The van der Waals surface area contributed by atoms with Crippen molar-refractivity contribution in [2.24, 2.45) is 5.41 Å². The van der Waals surface area contributed by atoms with Crippen LogP contribution in [0, 0.1) is 8.99 Å². The molecule has 1 fully saturated rings. The maximum atomic E-state index is 12.3. The maximum Gasteiger partial charge on any atom is 0.321 e. The zero-order valence-corrected chi connectivity index (χ0v) is 14.1. The summed E-state index contributed by atoms with van der Waals surface area (Å²) >= 11 is 2.16. The number of halogens is 1. The van der Waals surface area contributed by atoms with E-state index in [2.05, 4.69) is 27.9 Å². The van der Waals surface area contributed by atoms with E-state index in [1.807, 2.05) is 31.2 Å². The number of carbonyl (C=O) groups excluding carboxylic acids is 1. The van der Waals surface area contributed by atoms with Gasteiger partial charge in [0.25, 0.3) is 0 Å². The molecule has 114 valence electrons. The van der Waals surface area contributed by atoms with Gasteiger partial charge in [0.2, 0.25) is 0 Å². The third-order valence-electron chi connectivity index (χ3n) is 3.94. The molecule has 1 aromatic carbocycles. The maximum absolute atomic E-state index is 12.3. The van der Waals surface area contributed by atoms with Gasteiger partial charge in [-0.1, -0.05) is 25.5 Å². The molecule has 0 spiro atoms. The van der Waals surface area contributed by atoms with Gasteiger partial charge in [0.1, 0.15) is 0 Å². The lowest BCUT2D eigenvalue weighted by molar-refractivity contribution is -0.148. The highest BCUT2D eigenvalue weighted by atomic mass is 127. The molecule has 2 rings (SSSR count). The van der Waals surface area contributed by atoms with E-state index in [4.69, 9.17) is 0 Å². The van der Waals surface area contributed by atoms with Crippen molar-refractivity contribution in [2.45, 2.75) is 26.2 Å². The van der Waals surface area contributed by atoms with Crippen molar-refractivity contribution in [3.63, 3.8) is 0 Å². The Morgan fingerprint density at radius 2 is 2.14 bits per heavy atom. The Hall–Kier alpha value is -1.31. The van der Waals surface area contributed by atoms with Gasteiger partial charge in [-0.3, -0.25) is 4.79 Å². The Morgan fingerprint density at radius 1 is 1.43 bits per heavy atom. The van der Waals surface area contributed by atoms with Gasteiger partial charge in [-0.2, -0.15) is 0 Å². The second kappa shape index (κ2) is 6.64. The number of rotatable bonds is 4. The molecule has 0 saturated carbocycles. The number of urea groups is 1. The molecule has 0 bridgehead atoms. The Kier molecular flexibility index (Phi) is 5.08. The molecule has 21 heavy (non-hydrogen) atoms. The number of carboxylic acid groups (broad SMARTS) is 1. The summed E-state index contributed by atoms with van der Waals surface area (Å²) in [4.78, 5) is 25.4. The quantitative estimate of drug-likeness (QED) is 0.759. The minimum absolute atomic E-state index is 0.224. The Morgan fingerprint density at radius 3 is 2.76 bits per heavy atom. The average molecular weight is 402 g/mol. The number of aliphatic carboxylic acids is 1. The summed E-state index contributed by atoms with van der Waals surface area (Å²) in [7, 11) is 0. The number of para-hydroxylation sites is 1. The summed E-state index contributed by atoms with van der Waals surface area (Å²) in [6.45, 7) is 2.74. The van der Waals surface area contributed by atoms with Gasteiger partial charge in [0, 0.05) is 16.7 Å². The van der Waals surface area contributed by atoms with E-state index in [0.717, 1.165) is 15.7 Å². The molecule has 1 aromatic rings. The molecule has 0 aromatic heterocycles. The molecule has 5 nitrogen and oxygen atoms in total. The average Bonchev–Trinajstić information content (AvgIpc) is 2.87. The molecule has 2 N–H and O–H groups in total. The van der Waals surface area contributed by atoms with Gasteiger partial charge >= 0.3 is 12.0 Å². The third kappa shape index (κ3) is 3.48. The predicted octanol–water partition coefficient (Wildman–Crippen LogP) is 3.40. The fourth-order valence-corrected chi connectivity index (χ4v) is 3.29. The van der Waals surface area contributed by atoms with Crippen LogP contribution >= 0.6 is 22.6 Å². The molecule has 1 saturated heterocycles. The highest BCUT2D eigenvalue weighted by molar-refractivity contribution is 14.1. The van der Waals surface area contributed by atoms with Crippen molar-refractivity contribution in [3.05, 3.63) is 27.8 Å². The highest BCUT2D eigenvalue weighted by Gasteiger charge is 2.45. The number of carbonyl (C=O) groups is 2. The van der Waals surface area contributed by atoms with Gasteiger partial charge < -0.3 is 15.3 Å². The summed E-state index contributed by atoms with van der Waals surface area (Å²) in [5.41, 5.74) is -0.0259. The Labute approximate surface area is 137 Å². The van der Waals surface area contributed by atoms with Crippen molar-refractivity contribution in [1.29, 1.82) is 0 Å². The van der Waals surface area contributed by atoms with Crippen LogP contribution in [0.2, 0.25) is 0 Å². The first kappa shape index (κ1) is 16.1. The van der Waals surface area contributed by atoms with E-state index in [1.165, 1.54) is 0 Å². The van der Waals surface area contributed by atoms with Crippen LogP contribution in [0.25, 0.3) is 0 Å². The standard InChI is InChI=1S/C15H19IN2O3/c1-2-7-15(13(19)20)8-9-18(10-15)14(21)17-12-6-4-3-5-11(12)16/h3-6H,2,7-10H2,1H3,(H,17,21)(H,19,20). The summed E-state index contributed by atoms with van der Waals surface area (Å²) in [5.74, 6) is -0.797. The molecule has 0 radical (unpaired) electrons. The first-order chi connectivity index (χ1) is 9.98. The number of benzene rings is 1. The van der Waals surface area contributed by atoms with Crippen LogP contribution in [0.3, 0.4) is 0 Å². The minimum atomic E-state index is -0.797. The largest absolute Gasteiger partial charge is 0.481 e. The minimum Gasteiger partial charge on any atom is -0.481 e. The number of amides is 2. The van der Waals surface area contributed by atoms with Crippen molar-refractivity contribution >= 4 is 40.3 Å². The van der Waals surface area contributed by atoms with Crippen molar-refractivity contribution < 1.29 is 14.7 Å². The van der Waals surface area contributed by atoms with Crippen LogP contribution in [0.1, 0.15) is 26.2 Å². The van der Waals surface area contributed by atoms with Crippen LogP contribution in [-0.4, -0.2) is 35.1 Å². The number of likely N-dealkylation sites (tertiary alicyclic amines) is 1. The number of hydrogen-bond acceptors (Lipinski definition) is 2. The Balaban J connectivity index is 2.05. The fraction of sp³-hybridized carbons (Fsp3) is 0.467. The lowest BCUT2D eigenvalue weighted by Gasteiger charge is -2.24. The van der Waals surface area contributed by atoms with E-state index in [0.29, 0.717) is 19.4 Å². The van der Waals surface area contributed by atoms with Gasteiger partial charge in [-0.25, -0.2) is 4.79 Å². The summed E-state index contributed by atoms with van der Waals surface area (Å²) < 4.78 is 0.959. The molecule has 2 amide bonds. The van der Waals surface area contributed by atoms with Crippen LogP contribution in [-0.2, 0) is 4.79 Å². The van der Waals surface area contributed by atoms with Crippen molar-refractivity contribution in [1.82, 2.24) is 4.90 Å². The van der Waals surface area contributed by atoms with E-state index in [9.17, 15) is 14.7 Å². The first-order valence-electron chi connectivity index (χ1n) is 7.02. The Bertz CT molecular complexity index is 549. The third-order valence-corrected chi connectivity index (χ3v) is 4.88. The van der Waals surface area contributed by atoms with Gasteiger partial charge in [-0.05, 0) is 47.6 Å². The molecule has 1 heterocycles. The number of hydrogen-bond donors (Lipinski definition) is 2. The van der Waals surface area contributed by atoms with E-state index >= 15 is 0 Å². The SMILES string of the molecule is CCCC1(C(=O)O)CCN(C(=O)Nc2ccccc2I)C1. The molecule has 6 heteroatoms. The van der Waals surface area contributed by atoms with Crippen LogP contribution in [0.15, 0.2) is 24.3 Å². The smallest absolute Gasteiger partial charge is 0.321 e. The molecule has 1 atom stereocenters. The highest BCUT2D eigenvalue weighted by Crippen LogP contribution is 2.35. The molecule has 0 aliphatic carbocycles. The van der Waals surface area contributed by atoms with Crippen LogP contribution in [0.5, 0.6) is 0 Å². The second-order valence-corrected chi connectivity index (χ2v) is 6.58. The zero-order chi connectivity index (χ0) is 15.5. The molecular weight excluding hydrogens is 383 g/mol. The molecule has 1 unspecified atom stereocenters. The topological polar surface area (TPSA) is 69.6 Å². The first-order valence-corrected chi connectivity index (χ1v) is 8.10. The number of anilines is 1. The summed E-state index contributed by atoms with van der Waals surface area (Å²) in [5, 5.41) is 12.3. The van der Waals surface area contributed by atoms with Crippen molar-refractivity contribution in [3.8, 4) is 0 Å². The number of nitrogens with one attached hydrogen (secondary N) is 1. The lowest BCUT2D eigenvalue weighted by Crippen LogP contribution is -2.38. The number of carboxylic acids is 1. The summed E-state index contributed by atoms with van der Waals surface area (Å²) in [6, 6.07) is 7.30. The van der Waals surface area contributed by atoms with Crippen LogP contribution < -0.4 is 5.32 Å². The molecule has 1 aliphatic heterocycles.